The zero-order valence-corrected chi connectivity index (χ0v) is 17.8. The molecule has 0 saturated carbocycles. The van der Waals surface area contributed by atoms with E-state index in [1.54, 1.807) is 30.3 Å². The first-order valence-corrected chi connectivity index (χ1v) is 10.3. The maximum atomic E-state index is 14.6. The van der Waals surface area contributed by atoms with Crippen molar-refractivity contribution in [3.63, 3.8) is 0 Å². The predicted octanol–water partition coefficient (Wildman–Crippen LogP) is 5.77. The van der Waals surface area contributed by atoms with Crippen LogP contribution in [-0.2, 0) is 0 Å². The van der Waals surface area contributed by atoms with Crippen molar-refractivity contribution >= 4 is 47.1 Å². The van der Waals surface area contributed by atoms with Gasteiger partial charge in [-0.15, -0.1) is 0 Å². The third-order valence-corrected chi connectivity index (χ3v) is 5.43. The minimum absolute atomic E-state index is 0.0596. The molecule has 3 aromatic rings. The molecule has 9 heteroatoms. The summed E-state index contributed by atoms with van der Waals surface area (Å²) < 4.78 is 23.2. The van der Waals surface area contributed by atoms with Crippen molar-refractivity contribution in [2.24, 2.45) is 5.73 Å². The molecule has 156 valence electrons. The van der Waals surface area contributed by atoms with E-state index in [-0.39, 0.29) is 22.9 Å². The summed E-state index contributed by atoms with van der Waals surface area (Å²) in [6.07, 6.45) is 0.632. The van der Waals surface area contributed by atoms with Crippen LogP contribution in [0.25, 0.3) is 11.1 Å². The molecule has 0 aromatic heterocycles. The number of nitrogens with one attached hydrogen (secondary N) is 1. The summed E-state index contributed by atoms with van der Waals surface area (Å²) in [6, 6.07) is 12.2. The van der Waals surface area contributed by atoms with E-state index in [4.69, 9.17) is 33.7 Å². The van der Waals surface area contributed by atoms with Gasteiger partial charge in [0.1, 0.15) is 30.2 Å². The lowest BCUT2D eigenvalue weighted by Gasteiger charge is -2.14. The highest BCUT2D eigenvalue weighted by molar-refractivity contribution is 8.00. The van der Waals surface area contributed by atoms with Crippen LogP contribution in [0.4, 0.5) is 10.1 Å². The average Bonchev–Trinajstić information content (AvgIpc) is 2.74. The lowest BCUT2D eigenvalue weighted by molar-refractivity contribution is 0.112. The number of phenolic OH excluding ortho intramolecular Hbond substituents is 1. The Balaban J connectivity index is 1.91. The van der Waals surface area contributed by atoms with Gasteiger partial charge >= 0.3 is 0 Å². The third-order valence-electron chi connectivity index (χ3n) is 4.04. The number of halogens is 3. The maximum absolute atomic E-state index is 14.6. The molecule has 3 aromatic carbocycles. The number of nitrogens with two attached hydrogens (primary N) is 1. The molecule has 0 unspecified atom stereocenters. The highest BCUT2D eigenvalue weighted by Gasteiger charge is 2.14. The highest BCUT2D eigenvalue weighted by atomic mass is 35.5. The molecule has 3 rings (SSSR count). The number of aromatic hydroxyl groups is 1. The summed E-state index contributed by atoms with van der Waals surface area (Å²) in [6.45, 7) is 0.589. The number of carbonyl (C=O) groups is 1. The van der Waals surface area contributed by atoms with Crippen LogP contribution < -0.4 is 15.2 Å². The zero-order chi connectivity index (χ0) is 21.7. The van der Waals surface area contributed by atoms with E-state index in [1.165, 1.54) is 18.2 Å². The first-order chi connectivity index (χ1) is 14.4. The van der Waals surface area contributed by atoms with E-state index in [0.29, 0.717) is 45.3 Å². The Bertz CT molecular complexity index is 1080. The number of ether oxygens (including phenoxy) is 1. The Kier molecular flexibility index (Phi) is 7.44. The molecule has 0 atom stereocenters. The van der Waals surface area contributed by atoms with Crippen molar-refractivity contribution in [2.75, 3.05) is 17.9 Å². The molecule has 0 saturated heterocycles. The minimum atomic E-state index is -0.459. The van der Waals surface area contributed by atoms with Gasteiger partial charge in [-0.25, -0.2) is 4.39 Å². The van der Waals surface area contributed by atoms with E-state index in [2.05, 4.69) is 4.72 Å². The van der Waals surface area contributed by atoms with E-state index in [1.807, 2.05) is 0 Å². The van der Waals surface area contributed by atoms with Crippen LogP contribution in [0, 0.1) is 5.82 Å². The van der Waals surface area contributed by atoms with E-state index < -0.39 is 5.82 Å². The molecule has 0 spiro atoms. The summed E-state index contributed by atoms with van der Waals surface area (Å²) in [4.78, 5) is 11.4. The molecule has 0 amide bonds. The quantitative estimate of drug-likeness (QED) is 0.288. The van der Waals surface area contributed by atoms with Gasteiger partial charge in [-0.2, -0.15) is 0 Å². The Labute approximate surface area is 187 Å². The summed E-state index contributed by atoms with van der Waals surface area (Å²) in [5.41, 5.74) is 7.13. The van der Waals surface area contributed by atoms with E-state index >= 15 is 0 Å². The molecule has 5 nitrogen and oxygen atoms in total. The first kappa shape index (κ1) is 22.2. The van der Waals surface area contributed by atoms with Crippen molar-refractivity contribution in [2.45, 2.75) is 4.90 Å². The van der Waals surface area contributed by atoms with Gasteiger partial charge < -0.3 is 20.3 Å². The second kappa shape index (κ2) is 10.0. The number of anilines is 1. The van der Waals surface area contributed by atoms with Crippen molar-refractivity contribution in [1.82, 2.24) is 0 Å². The van der Waals surface area contributed by atoms with Gasteiger partial charge in [0.2, 0.25) is 0 Å². The van der Waals surface area contributed by atoms with Gasteiger partial charge in [0, 0.05) is 33.9 Å². The predicted molar refractivity (Wildman–Crippen MR) is 119 cm³/mol. The first-order valence-electron chi connectivity index (χ1n) is 8.75. The van der Waals surface area contributed by atoms with Crippen LogP contribution in [0.1, 0.15) is 10.4 Å². The fourth-order valence-electron chi connectivity index (χ4n) is 2.66. The van der Waals surface area contributed by atoms with Gasteiger partial charge in [0.25, 0.3) is 0 Å². The monoisotopic (exact) mass is 466 g/mol. The van der Waals surface area contributed by atoms with Gasteiger partial charge in [-0.3, -0.25) is 4.79 Å². The lowest BCUT2D eigenvalue weighted by atomic mass is 10.0. The molecule has 0 aliphatic rings. The van der Waals surface area contributed by atoms with Crippen LogP contribution in [0.5, 0.6) is 11.5 Å². The summed E-state index contributed by atoms with van der Waals surface area (Å²) in [5.74, 6) is -0.162. The zero-order valence-electron chi connectivity index (χ0n) is 15.5. The number of rotatable bonds is 8. The molecule has 0 heterocycles. The molecule has 0 radical (unpaired) electrons. The Morgan fingerprint density at radius 2 is 1.93 bits per heavy atom. The van der Waals surface area contributed by atoms with Gasteiger partial charge in [-0.05, 0) is 60.5 Å². The molecule has 0 bridgehead atoms. The summed E-state index contributed by atoms with van der Waals surface area (Å²) >= 11 is 13.1. The molecule has 0 aliphatic heterocycles. The van der Waals surface area contributed by atoms with Gasteiger partial charge in [0.15, 0.2) is 0 Å². The number of hydrogen-bond acceptors (Lipinski definition) is 6. The van der Waals surface area contributed by atoms with Gasteiger partial charge in [0.05, 0.1) is 9.92 Å². The number of phenols is 1. The Morgan fingerprint density at radius 3 is 2.67 bits per heavy atom. The smallest absolute Gasteiger partial charge is 0.150 e. The van der Waals surface area contributed by atoms with Crippen LogP contribution in [-0.4, -0.2) is 24.5 Å². The number of benzene rings is 3. The Hall–Kier alpha value is -2.45. The number of hydrogen-bond donors (Lipinski definition) is 3. The van der Waals surface area contributed by atoms with Crippen LogP contribution in [0.15, 0.2) is 53.4 Å². The highest BCUT2D eigenvalue weighted by Crippen LogP contribution is 2.38. The summed E-state index contributed by atoms with van der Waals surface area (Å²) in [7, 11) is 0. The normalized spacial score (nSPS) is 10.7. The van der Waals surface area contributed by atoms with Crippen molar-refractivity contribution in [1.29, 1.82) is 0 Å². The molecular weight excluding hydrogens is 450 g/mol. The molecular formula is C21H17Cl2FN2O3S. The van der Waals surface area contributed by atoms with Crippen molar-refractivity contribution in [3.8, 4) is 22.6 Å². The Morgan fingerprint density at radius 1 is 1.13 bits per heavy atom. The lowest BCUT2D eigenvalue weighted by Crippen LogP contribution is -2.11. The number of carbonyl (C=O) groups excluding carboxylic acids is 1. The molecule has 30 heavy (non-hydrogen) atoms. The second-order valence-electron chi connectivity index (χ2n) is 6.14. The largest absolute Gasteiger partial charge is 0.505 e. The van der Waals surface area contributed by atoms with Crippen molar-refractivity contribution in [3.05, 3.63) is 70.0 Å². The van der Waals surface area contributed by atoms with Crippen LogP contribution in [0.2, 0.25) is 10.0 Å². The summed E-state index contributed by atoms with van der Waals surface area (Å²) in [5, 5.41) is 10.6. The molecule has 0 aliphatic carbocycles. The standard InChI is InChI=1S/C21H17Cl2FN2O3S/c22-13-1-4-19(29-6-5-25)16(9-13)15-10-14(2-3-18(15)24)26-30-20-8-12(11-27)7-17(23)21(20)28/h1-4,7-11,26,28H,5-6,25H2. The van der Waals surface area contributed by atoms with Crippen LogP contribution in [0.3, 0.4) is 0 Å². The van der Waals surface area contributed by atoms with Crippen LogP contribution >= 0.6 is 35.1 Å². The SMILES string of the molecule is NCCOc1ccc(Cl)cc1-c1cc(NSc2cc(C=O)cc(Cl)c2O)ccc1F. The topological polar surface area (TPSA) is 84.6 Å². The number of aldehydes is 1. The molecule has 0 fully saturated rings. The van der Waals surface area contributed by atoms with Crippen molar-refractivity contribution < 1.29 is 19.0 Å². The average molecular weight is 467 g/mol. The van der Waals surface area contributed by atoms with E-state index in [9.17, 15) is 14.3 Å². The molecule has 4 N–H and O–H groups in total. The van der Waals surface area contributed by atoms with E-state index in [0.717, 1.165) is 11.9 Å². The maximum Gasteiger partial charge on any atom is 0.150 e. The minimum Gasteiger partial charge on any atom is -0.505 e. The fourth-order valence-corrected chi connectivity index (χ4v) is 3.87. The van der Waals surface area contributed by atoms with Gasteiger partial charge in [-0.1, -0.05) is 23.2 Å². The second-order valence-corrected chi connectivity index (χ2v) is 7.84. The third kappa shape index (κ3) is 5.17. The fraction of sp³-hybridized carbons (Fsp3) is 0.0952.